The van der Waals surface area contributed by atoms with Crippen LogP contribution in [0.2, 0.25) is 0 Å². The molecule has 162 valence electrons. The largest absolute Gasteiger partial charge is 0.361 e. The molecular weight excluding hydrogens is 381 g/mol. The maximum absolute atomic E-state index is 13.3. The van der Waals surface area contributed by atoms with Gasteiger partial charge in [0.1, 0.15) is 5.82 Å². The number of nitrogens with one attached hydrogen (secondary N) is 3. The summed E-state index contributed by atoms with van der Waals surface area (Å²) in [6.45, 7) is 2.31. The van der Waals surface area contributed by atoms with Gasteiger partial charge in [0.25, 0.3) is 0 Å². The molecule has 1 aromatic heterocycles. The van der Waals surface area contributed by atoms with Gasteiger partial charge in [0.15, 0.2) is 5.96 Å². The lowest BCUT2D eigenvalue weighted by molar-refractivity contribution is -0.135. The highest BCUT2D eigenvalue weighted by atomic mass is 19.1. The molecule has 1 saturated heterocycles. The van der Waals surface area contributed by atoms with Crippen LogP contribution in [0.25, 0.3) is 10.9 Å². The maximum Gasteiger partial charge on any atom is 0.225 e. The molecular formula is C23H32FN5O. The molecule has 0 radical (unpaired) electrons. The number of halogens is 1. The van der Waals surface area contributed by atoms with E-state index >= 15 is 0 Å². The van der Waals surface area contributed by atoms with Crippen molar-refractivity contribution in [3.8, 4) is 0 Å². The van der Waals surface area contributed by atoms with Gasteiger partial charge in [-0.3, -0.25) is 9.79 Å². The van der Waals surface area contributed by atoms with Crippen LogP contribution in [0.15, 0.2) is 29.4 Å². The molecule has 1 atom stereocenters. The van der Waals surface area contributed by atoms with Gasteiger partial charge in [-0.25, -0.2) is 4.39 Å². The second-order valence-electron chi connectivity index (χ2n) is 8.50. The van der Waals surface area contributed by atoms with Crippen molar-refractivity contribution in [3.05, 3.63) is 35.8 Å². The van der Waals surface area contributed by atoms with Gasteiger partial charge in [-0.1, -0.05) is 19.3 Å². The van der Waals surface area contributed by atoms with E-state index in [0.717, 1.165) is 67.7 Å². The summed E-state index contributed by atoms with van der Waals surface area (Å²) in [5.74, 6) is 1.11. The average molecular weight is 414 g/mol. The topological polar surface area (TPSA) is 72.5 Å². The lowest BCUT2D eigenvalue weighted by atomic mass is 9.88. The number of amides is 1. The summed E-state index contributed by atoms with van der Waals surface area (Å²) in [5.41, 5.74) is 1.97. The minimum atomic E-state index is -0.230. The number of aliphatic imine (C=N–C) groups is 1. The van der Waals surface area contributed by atoms with Gasteiger partial charge in [0.2, 0.25) is 5.91 Å². The Morgan fingerprint density at radius 2 is 2.10 bits per heavy atom. The van der Waals surface area contributed by atoms with E-state index in [9.17, 15) is 9.18 Å². The zero-order chi connectivity index (χ0) is 20.9. The minimum absolute atomic E-state index is 0.230. The molecule has 3 N–H and O–H groups in total. The van der Waals surface area contributed by atoms with E-state index in [1.807, 2.05) is 17.2 Å². The summed E-state index contributed by atoms with van der Waals surface area (Å²) in [4.78, 5) is 22.3. The van der Waals surface area contributed by atoms with Crippen molar-refractivity contribution in [3.63, 3.8) is 0 Å². The number of guanidine groups is 1. The molecule has 1 unspecified atom stereocenters. The Hall–Kier alpha value is -2.57. The number of carbonyl (C=O) groups excluding carboxylic acids is 1. The number of hydrogen-bond donors (Lipinski definition) is 3. The number of aromatic nitrogens is 1. The van der Waals surface area contributed by atoms with Crippen molar-refractivity contribution >= 4 is 22.8 Å². The number of aromatic amines is 1. The minimum Gasteiger partial charge on any atom is -0.361 e. The summed E-state index contributed by atoms with van der Waals surface area (Å²) in [6, 6.07) is 5.07. The van der Waals surface area contributed by atoms with E-state index in [1.54, 1.807) is 7.05 Å². The maximum atomic E-state index is 13.3. The molecule has 1 aliphatic heterocycles. The molecule has 1 aromatic carbocycles. The third kappa shape index (κ3) is 4.77. The Morgan fingerprint density at radius 1 is 1.27 bits per heavy atom. The van der Waals surface area contributed by atoms with Crippen molar-refractivity contribution < 1.29 is 9.18 Å². The van der Waals surface area contributed by atoms with Crippen molar-refractivity contribution in [2.45, 2.75) is 51.0 Å². The highest BCUT2D eigenvalue weighted by Crippen LogP contribution is 2.26. The second kappa shape index (κ2) is 9.49. The first-order chi connectivity index (χ1) is 14.6. The molecule has 0 spiro atoms. The van der Waals surface area contributed by atoms with Crippen LogP contribution in [-0.2, 0) is 11.2 Å². The van der Waals surface area contributed by atoms with Crippen molar-refractivity contribution in [2.24, 2.45) is 10.9 Å². The third-order valence-corrected chi connectivity index (χ3v) is 6.44. The Kier molecular flexibility index (Phi) is 6.55. The quantitative estimate of drug-likeness (QED) is 0.521. The lowest BCUT2D eigenvalue weighted by Crippen LogP contribution is -2.46. The van der Waals surface area contributed by atoms with Gasteiger partial charge in [-0.15, -0.1) is 0 Å². The normalized spacial score (nSPS) is 20.7. The predicted octanol–water partition coefficient (Wildman–Crippen LogP) is 3.20. The molecule has 1 aliphatic carbocycles. The number of carbonyl (C=O) groups is 1. The van der Waals surface area contributed by atoms with Crippen molar-refractivity contribution in [1.29, 1.82) is 0 Å². The van der Waals surface area contributed by atoms with E-state index in [0.29, 0.717) is 5.91 Å². The van der Waals surface area contributed by atoms with E-state index in [4.69, 9.17) is 0 Å². The number of fused-ring (bicyclic) bond motifs is 1. The van der Waals surface area contributed by atoms with Gasteiger partial charge in [-0.2, -0.15) is 0 Å². The summed E-state index contributed by atoms with van der Waals surface area (Å²) < 4.78 is 13.3. The van der Waals surface area contributed by atoms with Gasteiger partial charge in [0.05, 0.1) is 0 Å². The first kappa shape index (κ1) is 20.7. The number of nitrogens with zero attached hydrogens (tertiary/aromatic N) is 2. The van der Waals surface area contributed by atoms with Gasteiger partial charge < -0.3 is 20.5 Å². The zero-order valence-corrected chi connectivity index (χ0v) is 17.7. The van der Waals surface area contributed by atoms with Gasteiger partial charge >= 0.3 is 0 Å². The van der Waals surface area contributed by atoms with Crippen molar-refractivity contribution in [1.82, 2.24) is 20.5 Å². The smallest absolute Gasteiger partial charge is 0.225 e. The zero-order valence-electron chi connectivity index (χ0n) is 17.7. The average Bonchev–Trinajstić information content (AvgIpc) is 3.40. The molecule has 6 nitrogen and oxygen atoms in total. The van der Waals surface area contributed by atoms with Crippen LogP contribution >= 0.6 is 0 Å². The first-order valence-corrected chi connectivity index (χ1v) is 11.2. The van der Waals surface area contributed by atoms with Crippen molar-refractivity contribution in [2.75, 3.05) is 26.7 Å². The molecule has 1 amide bonds. The summed E-state index contributed by atoms with van der Waals surface area (Å²) in [5, 5.41) is 7.88. The molecule has 7 heteroatoms. The monoisotopic (exact) mass is 413 g/mol. The van der Waals surface area contributed by atoms with Crippen LogP contribution in [0.4, 0.5) is 4.39 Å². The number of rotatable bonds is 5. The number of H-pyrrole nitrogens is 1. The first-order valence-electron chi connectivity index (χ1n) is 11.2. The number of hydrogen-bond acceptors (Lipinski definition) is 2. The molecule has 4 rings (SSSR count). The van der Waals surface area contributed by atoms with Gasteiger partial charge in [0, 0.05) is 55.7 Å². The highest BCUT2D eigenvalue weighted by molar-refractivity contribution is 5.84. The summed E-state index contributed by atoms with van der Waals surface area (Å²) in [7, 11) is 1.77. The number of likely N-dealkylation sites (tertiary alicyclic amines) is 1. The fraction of sp³-hybridized carbons (Fsp3) is 0.565. The SMILES string of the molecule is CN=C(NCCc1c[nH]c2cc(F)ccc12)NC1CCN(C(=O)C2CCCCC2)C1. The predicted molar refractivity (Wildman–Crippen MR) is 118 cm³/mol. The summed E-state index contributed by atoms with van der Waals surface area (Å²) in [6.07, 6.45) is 9.45. The Bertz CT molecular complexity index is 902. The Balaban J connectivity index is 1.24. The summed E-state index contributed by atoms with van der Waals surface area (Å²) >= 11 is 0. The molecule has 2 aromatic rings. The van der Waals surface area contributed by atoms with E-state index in [2.05, 4.69) is 20.6 Å². The Labute approximate surface area is 177 Å². The number of benzene rings is 1. The molecule has 30 heavy (non-hydrogen) atoms. The molecule has 2 aliphatic rings. The fourth-order valence-corrected chi connectivity index (χ4v) is 4.75. The van der Waals surface area contributed by atoms with E-state index in [1.165, 1.54) is 31.4 Å². The van der Waals surface area contributed by atoms with Crippen LogP contribution < -0.4 is 10.6 Å². The molecule has 2 fully saturated rings. The standard InChI is InChI=1S/C23H32FN5O/c1-25-23(26-11-9-17-14-27-21-13-18(24)7-8-20(17)21)28-19-10-12-29(15-19)22(30)16-5-3-2-4-6-16/h7-8,13-14,16,19,27H,2-6,9-12,15H2,1H3,(H2,25,26,28). The van der Waals surface area contributed by atoms with Crippen LogP contribution in [0, 0.1) is 11.7 Å². The Morgan fingerprint density at radius 3 is 2.90 bits per heavy atom. The third-order valence-electron chi connectivity index (χ3n) is 6.44. The van der Waals surface area contributed by atoms with Crippen LogP contribution in [0.5, 0.6) is 0 Å². The van der Waals surface area contributed by atoms with Gasteiger partial charge in [-0.05, 0) is 49.4 Å². The molecule has 0 bridgehead atoms. The molecule has 2 heterocycles. The van der Waals surface area contributed by atoms with E-state index < -0.39 is 0 Å². The lowest BCUT2D eigenvalue weighted by Gasteiger charge is -2.26. The van der Waals surface area contributed by atoms with Crippen LogP contribution in [-0.4, -0.2) is 54.5 Å². The molecule has 1 saturated carbocycles. The van der Waals surface area contributed by atoms with Crippen LogP contribution in [0.1, 0.15) is 44.1 Å². The highest BCUT2D eigenvalue weighted by Gasteiger charge is 2.31. The van der Waals surface area contributed by atoms with Crippen LogP contribution in [0.3, 0.4) is 0 Å². The second-order valence-corrected chi connectivity index (χ2v) is 8.50. The van der Waals surface area contributed by atoms with E-state index in [-0.39, 0.29) is 17.8 Å². The fourth-order valence-electron chi connectivity index (χ4n) is 4.75.